The van der Waals surface area contributed by atoms with Crippen molar-refractivity contribution in [1.82, 2.24) is 9.97 Å². The average molecular weight is 428 g/mol. The second-order valence-electron chi connectivity index (χ2n) is 7.22. The Hall–Kier alpha value is -4.46. The number of aromatic nitrogens is 2. The molecule has 0 radical (unpaired) electrons. The number of aromatic hydroxyl groups is 1. The second kappa shape index (κ2) is 8.73. The lowest BCUT2D eigenvalue weighted by Gasteiger charge is -2.11. The third kappa shape index (κ3) is 4.49. The first-order chi connectivity index (χ1) is 15.4. The first-order valence-electron chi connectivity index (χ1n) is 9.84. The molecule has 0 saturated heterocycles. The van der Waals surface area contributed by atoms with Gasteiger partial charge >= 0.3 is 5.97 Å². The Morgan fingerprint density at radius 3 is 2.50 bits per heavy atom. The maximum absolute atomic E-state index is 12.4. The molecule has 8 nitrogen and oxygen atoms in total. The number of aromatic carboxylic acids is 1. The van der Waals surface area contributed by atoms with Crippen LogP contribution in [0.3, 0.4) is 0 Å². The topological polar surface area (TPSA) is 124 Å². The van der Waals surface area contributed by atoms with E-state index in [4.69, 9.17) is 5.11 Å². The first-order valence-corrected chi connectivity index (χ1v) is 9.84. The lowest BCUT2D eigenvalue weighted by molar-refractivity contribution is -0.114. The Balaban J connectivity index is 1.56. The number of nitrogens with zero attached hydrogens (tertiary/aromatic N) is 2. The Morgan fingerprint density at radius 2 is 1.75 bits per heavy atom. The van der Waals surface area contributed by atoms with Gasteiger partial charge in [0.15, 0.2) is 0 Å². The van der Waals surface area contributed by atoms with Crippen LogP contribution >= 0.6 is 0 Å². The highest BCUT2D eigenvalue weighted by molar-refractivity contribution is 5.97. The minimum atomic E-state index is -1.29. The van der Waals surface area contributed by atoms with E-state index in [-0.39, 0.29) is 23.5 Å². The molecule has 0 aliphatic rings. The molecule has 0 aliphatic heterocycles. The highest BCUT2D eigenvalue weighted by Crippen LogP contribution is 2.28. The van der Waals surface area contributed by atoms with Gasteiger partial charge in [-0.15, -0.1) is 0 Å². The van der Waals surface area contributed by atoms with Crippen LogP contribution in [0.5, 0.6) is 5.75 Å². The van der Waals surface area contributed by atoms with Crippen molar-refractivity contribution in [3.63, 3.8) is 0 Å². The number of carboxylic acids is 1. The summed E-state index contributed by atoms with van der Waals surface area (Å²) in [4.78, 5) is 32.7. The maximum Gasteiger partial charge on any atom is 0.339 e. The van der Waals surface area contributed by atoms with Gasteiger partial charge < -0.3 is 20.8 Å². The van der Waals surface area contributed by atoms with E-state index < -0.39 is 11.9 Å². The molecule has 0 fully saturated rings. The number of rotatable bonds is 6. The van der Waals surface area contributed by atoms with Crippen molar-refractivity contribution in [3.8, 4) is 17.0 Å². The molecule has 32 heavy (non-hydrogen) atoms. The lowest BCUT2D eigenvalue weighted by Crippen LogP contribution is -2.23. The molecule has 4 N–H and O–H groups in total. The van der Waals surface area contributed by atoms with E-state index in [0.717, 1.165) is 27.7 Å². The number of anilines is 2. The van der Waals surface area contributed by atoms with E-state index in [1.165, 1.54) is 18.2 Å². The highest BCUT2D eigenvalue weighted by atomic mass is 16.4. The molecule has 4 rings (SSSR count). The van der Waals surface area contributed by atoms with Gasteiger partial charge in [-0.2, -0.15) is 0 Å². The van der Waals surface area contributed by atoms with Gasteiger partial charge in [0.25, 0.3) is 0 Å². The molecule has 160 valence electrons. The van der Waals surface area contributed by atoms with Crippen LogP contribution < -0.4 is 10.6 Å². The minimum absolute atomic E-state index is 0.130. The summed E-state index contributed by atoms with van der Waals surface area (Å²) in [5.41, 5.74) is 3.49. The van der Waals surface area contributed by atoms with Crippen molar-refractivity contribution in [1.29, 1.82) is 0 Å². The number of phenols is 1. The van der Waals surface area contributed by atoms with Gasteiger partial charge in [0.2, 0.25) is 11.9 Å². The normalized spacial score (nSPS) is 10.7. The van der Waals surface area contributed by atoms with Gasteiger partial charge in [-0.05, 0) is 37.3 Å². The van der Waals surface area contributed by atoms with Crippen LogP contribution in [0.1, 0.15) is 15.9 Å². The van der Waals surface area contributed by atoms with Crippen molar-refractivity contribution in [2.45, 2.75) is 6.92 Å². The molecular weight excluding hydrogens is 408 g/mol. The Labute approximate surface area is 183 Å². The van der Waals surface area contributed by atoms with Crippen molar-refractivity contribution in [2.24, 2.45) is 0 Å². The third-order valence-corrected chi connectivity index (χ3v) is 4.82. The summed E-state index contributed by atoms with van der Waals surface area (Å²) in [5, 5.41) is 25.1. The standard InChI is InChI=1S/C24H20N4O4/c1-14-7-9-19-17(11-14)22(15-5-3-2-4-6-15)28-24(27-19)25-13-21(30)26-16-8-10-20(29)18(12-16)23(31)32/h2-12,29H,13H2,1H3,(H,26,30)(H,31,32)(H,25,27,28). The highest BCUT2D eigenvalue weighted by Gasteiger charge is 2.13. The zero-order valence-corrected chi connectivity index (χ0v) is 17.2. The molecule has 0 unspecified atom stereocenters. The lowest BCUT2D eigenvalue weighted by atomic mass is 10.0. The van der Waals surface area contributed by atoms with Gasteiger partial charge in [0, 0.05) is 16.6 Å². The molecule has 8 heteroatoms. The number of carbonyl (C=O) groups is 2. The van der Waals surface area contributed by atoms with Crippen LogP contribution in [-0.2, 0) is 4.79 Å². The van der Waals surface area contributed by atoms with E-state index in [9.17, 15) is 14.7 Å². The summed E-state index contributed by atoms with van der Waals surface area (Å²) < 4.78 is 0. The van der Waals surface area contributed by atoms with Crippen molar-refractivity contribution < 1.29 is 19.8 Å². The Bertz CT molecular complexity index is 1320. The largest absolute Gasteiger partial charge is 0.507 e. The van der Waals surface area contributed by atoms with Crippen LogP contribution in [0.4, 0.5) is 11.6 Å². The molecule has 1 heterocycles. The molecule has 0 bridgehead atoms. The Morgan fingerprint density at radius 1 is 0.969 bits per heavy atom. The molecule has 0 saturated carbocycles. The van der Waals surface area contributed by atoms with Crippen LogP contribution in [0.25, 0.3) is 22.2 Å². The molecule has 0 atom stereocenters. The molecule has 4 aromatic rings. The van der Waals surface area contributed by atoms with Crippen LogP contribution in [0.2, 0.25) is 0 Å². The van der Waals surface area contributed by atoms with Gasteiger partial charge in [-0.3, -0.25) is 4.79 Å². The fourth-order valence-corrected chi connectivity index (χ4v) is 3.29. The first kappa shape index (κ1) is 20.8. The summed E-state index contributed by atoms with van der Waals surface area (Å²) >= 11 is 0. The number of fused-ring (bicyclic) bond motifs is 1. The number of carbonyl (C=O) groups excluding carboxylic acids is 1. The van der Waals surface area contributed by atoms with Crippen molar-refractivity contribution >= 4 is 34.4 Å². The monoisotopic (exact) mass is 428 g/mol. The predicted molar refractivity (Wildman–Crippen MR) is 122 cm³/mol. The van der Waals surface area contributed by atoms with Crippen molar-refractivity contribution in [3.05, 3.63) is 77.9 Å². The van der Waals surface area contributed by atoms with Crippen molar-refractivity contribution in [2.75, 3.05) is 17.2 Å². The zero-order chi connectivity index (χ0) is 22.7. The fourth-order valence-electron chi connectivity index (χ4n) is 3.29. The number of benzene rings is 3. The molecule has 1 amide bonds. The quantitative estimate of drug-likeness (QED) is 0.341. The van der Waals surface area contributed by atoms with Gasteiger partial charge in [0.1, 0.15) is 11.3 Å². The Kier molecular flexibility index (Phi) is 5.67. The van der Waals surface area contributed by atoms with E-state index in [1.54, 1.807) is 0 Å². The van der Waals surface area contributed by atoms with Crippen LogP contribution in [0, 0.1) is 6.92 Å². The van der Waals surface area contributed by atoms with E-state index in [1.807, 2.05) is 55.5 Å². The molecule has 0 aliphatic carbocycles. The number of amides is 1. The summed E-state index contributed by atoms with van der Waals surface area (Å²) in [5.74, 6) is -1.78. The fraction of sp³-hybridized carbons (Fsp3) is 0.0833. The predicted octanol–water partition coefficient (Wildman–Crippen LogP) is 4.06. The molecule has 0 spiro atoms. The molecular formula is C24H20N4O4. The smallest absolute Gasteiger partial charge is 0.339 e. The zero-order valence-electron chi connectivity index (χ0n) is 17.2. The third-order valence-electron chi connectivity index (χ3n) is 4.82. The van der Waals surface area contributed by atoms with E-state index in [0.29, 0.717) is 5.95 Å². The molecule has 3 aromatic carbocycles. The summed E-state index contributed by atoms with van der Waals surface area (Å²) in [6, 6.07) is 19.5. The summed E-state index contributed by atoms with van der Waals surface area (Å²) in [6.07, 6.45) is 0. The summed E-state index contributed by atoms with van der Waals surface area (Å²) in [6.45, 7) is 1.87. The summed E-state index contributed by atoms with van der Waals surface area (Å²) in [7, 11) is 0. The van der Waals surface area contributed by atoms with Gasteiger partial charge in [-0.1, -0.05) is 42.0 Å². The number of hydrogen-bond donors (Lipinski definition) is 4. The number of hydrogen-bond acceptors (Lipinski definition) is 6. The number of nitrogens with one attached hydrogen (secondary N) is 2. The van der Waals surface area contributed by atoms with E-state index in [2.05, 4.69) is 20.6 Å². The number of aryl methyl sites for hydroxylation is 1. The average Bonchev–Trinajstić information content (AvgIpc) is 2.79. The second-order valence-corrected chi connectivity index (χ2v) is 7.22. The van der Waals surface area contributed by atoms with Gasteiger partial charge in [-0.25, -0.2) is 14.8 Å². The van der Waals surface area contributed by atoms with Crippen LogP contribution in [0.15, 0.2) is 66.7 Å². The molecule has 1 aromatic heterocycles. The minimum Gasteiger partial charge on any atom is -0.507 e. The SMILES string of the molecule is Cc1ccc2nc(NCC(=O)Nc3ccc(O)c(C(=O)O)c3)nc(-c3ccccc3)c2c1. The maximum atomic E-state index is 12.4. The van der Waals surface area contributed by atoms with Crippen LogP contribution in [-0.4, -0.2) is 38.6 Å². The number of carboxylic acid groups (broad SMARTS) is 1. The van der Waals surface area contributed by atoms with E-state index >= 15 is 0 Å². The van der Waals surface area contributed by atoms with Gasteiger partial charge in [0.05, 0.1) is 17.8 Å².